The maximum atomic E-state index is 8.94. The van der Waals surface area contributed by atoms with Crippen LogP contribution in [-0.4, -0.2) is 35.2 Å². The number of rotatable bonds is 6. The van der Waals surface area contributed by atoms with E-state index in [1.807, 2.05) is 60.2 Å². The average molecular weight is 507 g/mol. The van der Waals surface area contributed by atoms with Crippen molar-refractivity contribution in [2.45, 2.75) is 13.5 Å². The molecule has 11 heteroatoms. The van der Waals surface area contributed by atoms with Crippen molar-refractivity contribution in [2.24, 2.45) is 0 Å². The second-order valence-corrected chi connectivity index (χ2v) is 9.52. The standard InChI is InChI=1S/C26H22N10S/c1-14-30-8-9-36(14)25-17(10-15-4-2-3-5-18(15)34-25)12-31-24-21(23(28)32-13-33-24)22(27)16-6-7-19-20(11-16)37-26(29)35-19/h2-11,13,27H,12H2,1H3,(H2,29,35)(H3,28,31,32,33). The van der Waals surface area contributed by atoms with Gasteiger partial charge in [-0.15, -0.1) is 0 Å². The topological polar surface area (TPSA) is 157 Å². The van der Waals surface area contributed by atoms with E-state index in [0.29, 0.717) is 28.6 Å². The zero-order chi connectivity index (χ0) is 25.5. The molecule has 6 aromatic rings. The number of fused-ring (bicyclic) bond motifs is 2. The van der Waals surface area contributed by atoms with Crippen LogP contribution in [0.3, 0.4) is 0 Å². The minimum absolute atomic E-state index is 0.205. The highest BCUT2D eigenvalue weighted by Gasteiger charge is 2.18. The van der Waals surface area contributed by atoms with Crippen LogP contribution in [0.4, 0.5) is 16.8 Å². The van der Waals surface area contributed by atoms with E-state index in [0.717, 1.165) is 38.3 Å². The van der Waals surface area contributed by atoms with Gasteiger partial charge < -0.3 is 16.8 Å². The first-order valence-corrected chi connectivity index (χ1v) is 12.3. The maximum Gasteiger partial charge on any atom is 0.181 e. The maximum absolute atomic E-state index is 8.94. The fourth-order valence-corrected chi connectivity index (χ4v) is 5.06. The van der Waals surface area contributed by atoms with Gasteiger partial charge in [-0.3, -0.25) is 9.98 Å². The molecule has 0 aliphatic carbocycles. The monoisotopic (exact) mass is 506 g/mol. The Hall–Kier alpha value is -4.90. The van der Waals surface area contributed by atoms with Gasteiger partial charge in [0.15, 0.2) is 5.13 Å². The normalized spacial score (nSPS) is 11.3. The predicted molar refractivity (Wildman–Crippen MR) is 147 cm³/mol. The van der Waals surface area contributed by atoms with E-state index in [9.17, 15) is 0 Å². The largest absolute Gasteiger partial charge is 0.383 e. The van der Waals surface area contributed by atoms with Crippen LogP contribution in [0.5, 0.6) is 0 Å². The van der Waals surface area contributed by atoms with Crippen molar-refractivity contribution in [2.75, 3.05) is 16.8 Å². The van der Waals surface area contributed by atoms with Crippen molar-refractivity contribution in [3.05, 3.63) is 89.8 Å². The highest BCUT2D eigenvalue weighted by Crippen LogP contribution is 2.28. The number of thiazole rings is 1. The van der Waals surface area contributed by atoms with Crippen molar-refractivity contribution >= 4 is 54.9 Å². The van der Waals surface area contributed by atoms with E-state index in [1.165, 1.54) is 17.7 Å². The molecule has 0 aliphatic rings. The summed E-state index contributed by atoms with van der Waals surface area (Å²) in [5, 5.41) is 13.8. The van der Waals surface area contributed by atoms with Gasteiger partial charge in [-0.1, -0.05) is 35.6 Å². The van der Waals surface area contributed by atoms with Crippen LogP contribution >= 0.6 is 11.3 Å². The SMILES string of the molecule is Cc1nccn1-c1nc2ccccc2cc1CNc1ncnc(N)c1C(=N)c1ccc2nc(N)sc2c1. The van der Waals surface area contributed by atoms with Crippen LogP contribution in [0.1, 0.15) is 22.5 Å². The highest BCUT2D eigenvalue weighted by molar-refractivity contribution is 7.22. The summed E-state index contributed by atoms with van der Waals surface area (Å²) in [4.78, 5) is 22.1. The summed E-state index contributed by atoms with van der Waals surface area (Å²) in [6.07, 6.45) is 5.03. The molecule has 0 saturated carbocycles. The van der Waals surface area contributed by atoms with Crippen LogP contribution in [-0.2, 0) is 6.54 Å². The zero-order valence-corrected chi connectivity index (χ0v) is 20.6. The number of nitrogen functional groups attached to an aromatic ring is 2. The van der Waals surface area contributed by atoms with Gasteiger partial charge in [0.25, 0.3) is 0 Å². The van der Waals surface area contributed by atoms with E-state index in [4.69, 9.17) is 21.9 Å². The summed E-state index contributed by atoms with van der Waals surface area (Å²) in [6, 6.07) is 15.6. The van der Waals surface area contributed by atoms with Crippen LogP contribution in [0, 0.1) is 12.3 Å². The predicted octanol–water partition coefficient (Wildman–Crippen LogP) is 4.32. The highest BCUT2D eigenvalue weighted by atomic mass is 32.1. The molecule has 2 aromatic carbocycles. The first-order valence-electron chi connectivity index (χ1n) is 11.5. The molecule has 0 saturated heterocycles. The van der Waals surface area contributed by atoms with E-state index >= 15 is 0 Å². The number of nitrogens with one attached hydrogen (secondary N) is 2. The number of benzene rings is 2. The number of aromatic nitrogens is 6. The fraction of sp³-hybridized carbons (Fsp3) is 0.0769. The summed E-state index contributed by atoms with van der Waals surface area (Å²) in [5.41, 5.74) is 16.0. The Morgan fingerprint density at radius 1 is 1.03 bits per heavy atom. The molecular weight excluding hydrogens is 484 g/mol. The lowest BCUT2D eigenvalue weighted by Gasteiger charge is -2.16. The molecule has 182 valence electrons. The van der Waals surface area contributed by atoms with Crippen molar-refractivity contribution in [1.82, 2.24) is 29.5 Å². The summed E-state index contributed by atoms with van der Waals surface area (Å²) in [5.74, 6) is 2.28. The Labute approximate surface area is 215 Å². The second kappa shape index (κ2) is 8.95. The smallest absolute Gasteiger partial charge is 0.181 e. The molecule has 0 radical (unpaired) electrons. The van der Waals surface area contributed by atoms with Crippen molar-refractivity contribution in [1.29, 1.82) is 5.41 Å². The lowest BCUT2D eigenvalue weighted by Crippen LogP contribution is -2.15. The number of anilines is 3. The van der Waals surface area contributed by atoms with Crippen molar-refractivity contribution < 1.29 is 0 Å². The molecule has 0 unspecified atom stereocenters. The summed E-state index contributed by atoms with van der Waals surface area (Å²) >= 11 is 1.37. The Kier molecular flexibility index (Phi) is 5.46. The molecule has 0 spiro atoms. The summed E-state index contributed by atoms with van der Waals surface area (Å²) in [7, 11) is 0. The number of pyridine rings is 1. The molecule has 0 atom stereocenters. The number of hydrogen-bond donors (Lipinski definition) is 4. The second-order valence-electron chi connectivity index (χ2n) is 8.45. The van der Waals surface area contributed by atoms with Gasteiger partial charge in [-0.05, 0) is 31.2 Å². The van der Waals surface area contributed by atoms with Gasteiger partial charge in [0.1, 0.15) is 29.6 Å². The van der Waals surface area contributed by atoms with Crippen LogP contribution < -0.4 is 16.8 Å². The number of imidazole rings is 1. The van der Waals surface area contributed by atoms with Gasteiger partial charge in [-0.2, -0.15) is 0 Å². The molecule has 6 rings (SSSR count). The Bertz CT molecular complexity index is 1800. The van der Waals surface area contributed by atoms with E-state index in [-0.39, 0.29) is 11.5 Å². The molecule has 4 heterocycles. The van der Waals surface area contributed by atoms with Gasteiger partial charge in [0.05, 0.1) is 27.0 Å². The lowest BCUT2D eigenvalue weighted by molar-refractivity contribution is 0.912. The Morgan fingerprint density at radius 2 is 1.89 bits per heavy atom. The molecule has 6 N–H and O–H groups in total. The molecule has 0 fully saturated rings. The Balaban J connectivity index is 1.38. The number of aryl methyl sites for hydroxylation is 1. The molecule has 0 aliphatic heterocycles. The number of nitrogens with zero attached hydrogens (tertiary/aromatic N) is 6. The molecule has 37 heavy (non-hydrogen) atoms. The number of para-hydroxylation sites is 1. The first kappa shape index (κ1) is 22.6. The van der Waals surface area contributed by atoms with Gasteiger partial charge >= 0.3 is 0 Å². The molecule has 4 aromatic heterocycles. The van der Waals surface area contributed by atoms with Crippen molar-refractivity contribution in [3.8, 4) is 5.82 Å². The summed E-state index contributed by atoms with van der Waals surface area (Å²) < 4.78 is 2.85. The van der Waals surface area contributed by atoms with Crippen LogP contribution in [0.15, 0.2) is 67.3 Å². The van der Waals surface area contributed by atoms with Crippen LogP contribution in [0.25, 0.3) is 26.9 Å². The first-order chi connectivity index (χ1) is 18.0. The Morgan fingerprint density at radius 3 is 2.73 bits per heavy atom. The van der Waals surface area contributed by atoms with E-state index in [2.05, 4.69) is 31.3 Å². The lowest BCUT2D eigenvalue weighted by atomic mass is 10.0. The third kappa shape index (κ3) is 4.10. The van der Waals surface area contributed by atoms with Crippen molar-refractivity contribution in [3.63, 3.8) is 0 Å². The van der Waals surface area contributed by atoms with Gasteiger partial charge in [0, 0.05) is 35.5 Å². The molecule has 0 amide bonds. The molecule has 0 bridgehead atoms. The fourth-order valence-electron chi connectivity index (χ4n) is 4.29. The van der Waals surface area contributed by atoms with Gasteiger partial charge in [-0.25, -0.2) is 24.9 Å². The average Bonchev–Trinajstić information content (AvgIpc) is 3.50. The van der Waals surface area contributed by atoms with Gasteiger partial charge in [0.2, 0.25) is 0 Å². The zero-order valence-electron chi connectivity index (χ0n) is 19.8. The quantitative estimate of drug-likeness (QED) is 0.243. The third-order valence-corrected chi connectivity index (χ3v) is 6.95. The molecule has 10 nitrogen and oxygen atoms in total. The third-order valence-electron chi connectivity index (χ3n) is 6.10. The van der Waals surface area contributed by atoms with E-state index < -0.39 is 0 Å². The minimum atomic E-state index is 0.205. The van der Waals surface area contributed by atoms with Crippen LogP contribution in [0.2, 0.25) is 0 Å². The summed E-state index contributed by atoms with van der Waals surface area (Å²) in [6.45, 7) is 2.33. The van der Waals surface area contributed by atoms with E-state index in [1.54, 1.807) is 6.20 Å². The number of nitrogens with two attached hydrogens (primary N) is 2. The minimum Gasteiger partial charge on any atom is -0.383 e. The number of hydrogen-bond acceptors (Lipinski definition) is 10. The molecular formula is C26H22N10S.